The van der Waals surface area contributed by atoms with Crippen LogP contribution in [0.15, 0.2) is 0 Å². The number of hydrogen-bond acceptors (Lipinski definition) is 3. The molecule has 0 bridgehead atoms. The fraction of sp³-hybridized carbons (Fsp3) is 1.00. The number of nitrogens with one attached hydrogen (secondary N) is 1. The van der Waals surface area contributed by atoms with Crippen molar-refractivity contribution in [2.24, 2.45) is 5.92 Å². The summed E-state index contributed by atoms with van der Waals surface area (Å²) in [6.45, 7) is 8.54. The van der Waals surface area contributed by atoms with Gasteiger partial charge in [-0.2, -0.15) is 0 Å². The van der Waals surface area contributed by atoms with E-state index in [2.05, 4.69) is 10.2 Å². The summed E-state index contributed by atoms with van der Waals surface area (Å²) in [5.41, 5.74) is -0.513. The molecule has 100 valence electrons. The zero-order valence-corrected chi connectivity index (χ0v) is 11.4. The second-order valence-electron chi connectivity index (χ2n) is 6.40. The number of nitrogens with zero attached hydrogens (tertiary/aromatic N) is 1. The molecule has 3 heteroatoms. The SMILES string of the molecule is CC(C)(O)CCN1CCCC1C1CCNCC1. The smallest absolute Gasteiger partial charge is 0.0603 e. The van der Waals surface area contributed by atoms with E-state index < -0.39 is 5.60 Å². The minimum atomic E-state index is -0.513. The van der Waals surface area contributed by atoms with Gasteiger partial charge in [0.2, 0.25) is 0 Å². The third-order valence-corrected chi connectivity index (χ3v) is 4.35. The van der Waals surface area contributed by atoms with Crippen LogP contribution in [0.2, 0.25) is 0 Å². The molecule has 0 radical (unpaired) electrons. The Bertz CT molecular complexity index is 231. The van der Waals surface area contributed by atoms with Crippen LogP contribution < -0.4 is 5.32 Å². The summed E-state index contributed by atoms with van der Waals surface area (Å²) in [5, 5.41) is 13.3. The van der Waals surface area contributed by atoms with E-state index in [4.69, 9.17) is 0 Å². The number of aliphatic hydroxyl groups is 1. The maximum Gasteiger partial charge on any atom is 0.0603 e. The first kappa shape index (κ1) is 13.3. The molecule has 2 aliphatic heterocycles. The van der Waals surface area contributed by atoms with E-state index in [-0.39, 0.29) is 0 Å². The highest BCUT2D eigenvalue weighted by atomic mass is 16.3. The monoisotopic (exact) mass is 240 g/mol. The van der Waals surface area contributed by atoms with Crippen LogP contribution in [0.5, 0.6) is 0 Å². The molecule has 17 heavy (non-hydrogen) atoms. The Kier molecular flexibility index (Phi) is 4.45. The van der Waals surface area contributed by atoms with E-state index in [1.54, 1.807) is 0 Å². The van der Waals surface area contributed by atoms with Gasteiger partial charge in [-0.05, 0) is 71.5 Å². The van der Waals surface area contributed by atoms with Crippen LogP contribution in [0.3, 0.4) is 0 Å². The molecule has 3 nitrogen and oxygen atoms in total. The molecule has 0 saturated carbocycles. The van der Waals surface area contributed by atoms with Gasteiger partial charge in [0, 0.05) is 12.6 Å². The average Bonchev–Trinajstić information content (AvgIpc) is 2.75. The van der Waals surface area contributed by atoms with Crippen molar-refractivity contribution in [3.05, 3.63) is 0 Å². The zero-order valence-electron chi connectivity index (χ0n) is 11.4. The fourth-order valence-electron chi connectivity index (χ4n) is 3.31. The van der Waals surface area contributed by atoms with Gasteiger partial charge < -0.3 is 15.3 Å². The second kappa shape index (κ2) is 5.68. The Morgan fingerprint density at radius 1 is 1.24 bits per heavy atom. The number of likely N-dealkylation sites (tertiary alicyclic amines) is 1. The van der Waals surface area contributed by atoms with Gasteiger partial charge in [-0.1, -0.05) is 0 Å². The van der Waals surface area contributed by atoms with Crippen LogP contribution in [-0.2, 0) is 0 Å². The first-order valence-electron chi connectivity index (χ1n) is 7.23. The molecule has 0 aromatic heterocycles. The summed E-state index contributed by atoms with van der Waals surface area (Å²) < 4.78 is 0. The first-order valence-corrected chi connectivity index (χ1v) is 7.23. The standard InChI is InChI=1S/C14H28N2O/c1-14(2,17)7-11-16-10-3-4-13(16)12-5-8-15-9-6-12/h12-13,15,17H,3-11H2,1-2H3. The summed E-state index contributed by atoms with van der Waals surface area (Å²) in [7, 11) is 0. The lowest BCUT2D eigenvalue weighted by Gasteiger charge is -2.35. The summed E-state index contributed by atoms with van der Waals surface area (Å²) in [5.74, 6) is 0.889. The lowest BCUT2D eigenvalue weighted by atomic mass is 9.88. The number of rotatable bonds is 4. The lowest BCUT2D eigenvalue weighted by Crippen LogP contribution is -2.42. The van der Waals surface area contributed by atoms with Crippen molar-refractivity contribution in [1.29, 1.82) is 0 Å². The molecule has 2 N–H and O–H groups in total. The van der Waals surface area contributed by atoms with Gasteiger partial charge in [-0.3, -0.25) is 0 Å². The van der Waals surface area contributed by atoms with Crippen molar-refractivity contribution in [3.8, 4) is 0 Å². The van der Waals surface area contributed by atoms with Crippen molar-refractivity contribution in [1.82, 2.24) is 10.2 Å². The van der Waals surface area contributed by atoms with Gasteiger partial charge in [0.15, 0.2) is 0 Å². The van der Waals surface area contributed by atoms with E-state index in [1.165, 1.54) is 45.3 Å². The Hall–Kier alpha value is -0.120. The maximum atomic E-state index is 9.84. The minimum Gasteiger partial charge on any atom is -0.390 e. The van der Waals surface area contributed by atoms with Crippen molar-refractivity contribution < 1.29 is 5.11 Å². The van der Waals surface area contributed by atoms with Crippen LogP contribution in [-0.4, -0.2) is 47.8 Å². The lowest BCUT2D eigenvalue weighted by molar-refractivity contribution is 0.0499. The topological polar surface area (TPSA) is 35.5 Å². The van der Waals surface area contributed by atoms with Gasteiger partial charge in [0.25, 0.3) is 0 Å². The molecule has 0 aromatic carbocycles. The normalized spacial score (nSPS) is 28.8. The first-order chi connectivity index (χ1) is 8.06. The summed E-state index contributed by atoms with van der Waals surface area (Å²) >= 11 is 0. The Morgan fingerprint density at radius 2 is 1.94 bits per heavy atom. The molecular formula is C14H28N2O. The van der Waals surface area contributed by atoms with Crippen molar-refractivity contribution in [2.75, 3.05) is 26.2 Å². The van der Waals surface area contributed by atoms with Gasteiger partial charge in [0.1, 0.15) is 0 Å². The second-order valence-corrected chi connectivity index (χ2v) is 6.40. The van der Waals surface area contributed by atoms with Crippen molar-refractivity contribution in [2.45, 2.75) is 57.6 Å². The molecule has 0 spiro atoms. The fourth-order valence-corrected chi connectivity index (χ4v) is 3.31. The Labute approximate surface area is 106 Å². The number of hydrogen-bond donors (Lipinski definition) is 2. The molecule has 2 rings (SSSR count). The minimum absolute atomic E-state index is 0.513. The van der Waals surface area contributed by atoms with Crippen molar-refractivity contribution >= 4 is 0 Å². The maximum absolute atomic E-state index is 9.84. The van der Waals surface area contributed by atoms with E-state index in [0.29, 0.717) is 0 Å². The van der Waals surface area contributed by atoms with E-state index in [1.807, 2.05) is 13.8 Å². The zero-order chi connectivity index (χ0) is 12.3. The third kappa shape index (κ3) is 3.94. The van der Waals surface area contributed by atoms with Gasteiger partial charge in [-0.15, -0.1) is 0 Å². The van der Waals surface area contributed by atoms with Crippen LogP contribution >= 0.6 is 0 Å². The molecule has 2 aliphatic rings. The van der Waals surface area contributed by atoms with Crippen LogP contribution in [0.4, 0.5) is 0 Å². The predicted octanol–water partition coefficient (Wildman–Crippen LogP) is 1.61. The molecule has 1 atom stereocenters. The molecule has 2 fully saturated rings. The average molecular weight is 240 g/mol. The Morgan fingerprint density at radius 3 is 2.59 bits per heavy atom. The third-order valence-electron chi connectivity index (χ3n) is 4.35. The summed E-state index contributed by atoms with van der Waals surface area (Å²) in [6.07, 6.45) is 6.29. The largest absolute Gasteiger partial charge is 0.390 e. The van der Waals surface area contributed by atoms with E-state index in [0.717, 1.165) is 24.9 Å². The van der Waals surface area contributed by atoms with Gasteiger partial charge in [-0.25, -0.2) is 0 Å². The Balaban J connectivity index is 1.83. The molecular weight excluding hydrogens is 212 g/mol. The molecule has 2 heterocycles. The summed E-state index contributed by atoms with van der Waals surface area (Å²) in [6, 6.07) is 0.791. The van der Waals surface area contributed by atoms with Gasteiger partial charge in [0.05, 0.1) is 5.60 Å². The van der Waals surface area contributed by atoms with Crippen molar-refractivity contribution in [3.63, 3.8) is 0 Å². The highest BCUT2D eigenvalue weighted by Crippen LogP contribution is 2.30. The number of piperidine rings is 1. The summed E-state index contributed by atoms with van der Waals surface area (Å²) in [4.78, 5) is 2.63. The quantitative estimate of drug-likeness (QED) is 0.784. The van der Waals surface area contributed by atoms with Crippen LogP contribution in [0.25, 0.3) is 0 Å². The molecule has 1 unspecified atom stereocenters. The highest BCUT2D eigenvalue weighted by molar-refractivity contribution is 4.88. The molecule has 0 aromatic rings. The van der Waals surface area contributed by atoms with E-state index in [9.17, 15) is 5.11 Å². The van der Waals surface area contributed by atoms with Crippen LogP contribution in [0.1, 0.15) is 46.0 Å². The van der Waals surface area contributed by atoms with Crippen LogP contribution in [0, 0.1) is 5.92 Å². The molecule has 2 saturated heterocycles. The predicted molar refractivity (Wildman–Crippen MR) is 71.1 cm³/mol. The molecule has 0 amide bonds. The van der Waals surface area contributed by atoms with Gasteiger partial charge >= 0.3 is 0 Å². The highest BCUT2D eigenvalue weighted by Gasteiger charge is 2.32. The molecule has 0 aliphatic carbocycles. The van der Waals surface area contributed by atoms with E-state index >= 15 is 0 Å².